The second kappa shape index (κ2) is 5.45. The van der Waals surface area contributed by atoms with Crippen LogP contribution in [0.2, 0.25) is 0 Å². The van der Waals surface area contributed by atoms with Gasteiger partial charge in [-0.3, -0.25) is 0 Å². The number of aryl methyl sites for hydroxylation is 1. The molecule has 3 rings (SSSR count). The van der Waals surface area contributed by atoms with E-state index in [4.69, 9.17) is 4.74 Å². The summed E-state index contributed by atoms with van der Waals surface area (Å²) in [6.45, 7) is 0. The molecule has 5 nitrogen and oxygen atoms in total. The van der Waals surface area contributed by atoms with Crippen LogP contribution in [-0.2, 0) is 22.4 Å². The summed E-state index contributed by atoms with van der Waals surface area (Å²) in [5, 5.41) is 4.50. The minimum absolute atomic E-state index is 0.234. The van der Waals surface area contributed by atoms with Gasteiger partial charge in [-0.2, -0.15) is 5.10 Å². The summed E-state index contributed by atoms with van der Waals surface area (Å²) >= 11 is 0. The molecule has 104 valence electrons. The molecule has 0 N–H and O–H groups in total. The molecular formula is C15H17N3O2. The molecular weight excluding hydrogens is 254 g/mol. The van der Waals surface area contributed by atoms with Crippen LogP contribution in [0.5, 0.6) is 0 Å². The van der Waals surface area contributed by atoms with Gasteiger partial charge in [0.15, 0.2) is 11.9 Å². The zero-order valence-electron chi connectivity index (χ0n) is 11.5. The van der Waals surface area contributed by atoms with E-state index < -0.39 is 0 Å². The first-order valence-corrected chi connectivity index (χ1v) is 6.84. The van der Waals surface area contributed by atoms with E-state index in [1.165, 1.54) is 12.7 Å². The Morgan fingerprint density at radius 1 is 1.40 bits per heavy atom. The maximum atomic E-state index is 11.8. The van der Waals surface area contributed by atoms with E-state index in [0.29, 0.717) is 6.42 Å². The summed E-state index contributed by atoms with van der Waals surface area (Å²) in [6.07, 6.45) is 3.28. The van der Waals surface area contributed by atoms with Crippen LogP contribution in [0.25, 0.3) is 0 Å². The number of benzene rings is 1. The highest BCUT2D eigenvalue weighted by atomic mass is 16.5. The zero-order chi connectivity index (χ0) is 13.9. The lowest BCUT2D eigenvalue weighted by Crippen LogP contribution is -2.27. The first kappa shape index (κ1) is 12.8. The van der Waals surface area contributed by atoms with Gasteiger partial charge in [0, 0.05) is 12.8 Å². The normalized spacial score (nSPS) is 17.6. The van der Waals surface area contributed by atoms with Crippen molar-refractivity contribution >= 4 is 5.97 Å². The number of rotatable bonds is 3. The minimum Gasteiger partial charge on any atom is -0.467 e. The number of fused-ring (bicyclic) bond motifs is 1. The standard InChI is InChI=1S/C15H17N3O2/c1-20-15(19)12-8-5-9-14-16-13(17-18(12)14)10-11-6-3-2-4-7-11/h2-4,6-7,12H,5,8-10H2,1H3. The summed E-state index contributed by atoms with van der Waals surface area (Å²) in [4.78, 5) is 16.3. The zero-order valence-corrected chi connectivity index (χ0v) is 11.5. The van der Waals surface area contributed by atoms with Crippen molar-refractivity contribution in [3.8, 4) is 0 Å². The van der Waals surface area contributed by atoms with E-state index >= 15 is 0 Å². The van der Waals surface area contributed by atoms with Crippen molar-refractivity contribution in [3.63, 3.8) is 0 Å². The van der Waals surface area contributed by atoms with Crippen LogP contribution in [0.15, 0.2) is 30.3 Å². The maximum Gasteiger partial charge on any atom is 0.330 e. The van der Waals surface area contributed by atoms with Gasteiger partial charge in [0.1, 0.15) is 5.82 Å². The number of hydrogen-bond acceptors (Lipinski definition) is 4. The van der Waals surface area contributed by atoms with E-state index in [0.717, 1.165) is 30.9 Å². The molecule has 0 saturated heterocycles. The molecule has 0 radical (unpaired) electrons. The lowest BCUT2D eigenvalue weighted by molar-refractivity contribution is -0.145. The molecule has 0 spiro atoms. The molecule has 5 heteroatoms. The number of esters is 1. The van der Waals surface area contributed by atoms with Crippen molar-refractivity contribution in [2.45, 2.75) is 31.7 Å². The highest BCUT2D eigenvalue weighted by Gasteiger charge is 2.29. The molecule has 1 aliphatic rings. The average molecular weight is 271 g/mol. The first-order valence-electron chi connectivity index (χ1n) is 6.84. The minimum atomic E-state index is -0.319. The van der Waals surface area contributed by atoms with Crippen LogP contribution in [-0.4, -0.2) is 27.8 Å². The summed E-state index contributed by atoms with van der Waals surface area (Å²) in [6, 6.07) is 9.78. The lowest BCUT2D eigenvalue weighted by Gasteiger charge is -2.20. The first-order chi connectivity index (χ1) is 9.78. The Balaban J connectivity index is 1.86. The van der Waals surface area contributed by atoms with Gasteiger partial charge in [-0.1, -0.05) is 30.3 Å². The highest BCUT2D eigenvalue weighted by Crippen LogP contribution is 2.24. The van der Waals surface area contributed by atoms with Gasteiger partial charge in [-0.05, 0) is 18.4 Å². The van der Waals surface area contributed by atoms with Gasteiger partial charge in [0.05, 0.1) is 7.11 Å². The second-order valence-corrected chi connectivity index (χ2v) is 4.98. The van der Waals surface area contributed by atoms with Crippen LogP contribution < -0.4 is 0 Å². The number of carbonyl (C=O) groups is 1. The van der Waals surface area contributed by atoms with Gasteiger partial charge in [0.2, 0.25) is 0 Å². The third-order valence-electron chi connectivity index (χ3n) is 3.60. The van der Waals surface area contributed by atoms with Crippen LogP contribution in [0, 0.1) is 0 Å². The third kappa shape index (κ3) is 2.43. The molecule has 20 heavy (non-hydrogen) atoms. The van der Waals surface area contributed by atoms with Crippen LogP contribution in [0.3, 0.4) is 0 Å². The quantitative estimate of drug-likeness (QED) is 0.800. The third-order valence-corrected chi connectivity index (χ3v) is 3.60. The Hall–Kier alpha value is -2.17. The van der Waals surface area contributed by atoms with Crippen molar-refractivity contribution in [3.05, 3.63) is 47.5 Å². The smallest absolute Gasteiger partial charge is 0.330 e. The van der Waals surface area contributed by atoms with Crippen molar-refractivity contribution in [2.75, 3.05) is 7.11 Å². The molecule has 1 aromatic carbocycles. The molecule has 0 bridgehead atoms. The van der Waals surface area contributed by atoms with E-state index in [9.17, 15) is 4.79 Å². The van der Waals surface area contributed by atoms with Crippen molar-refractivity contribution in [2.24, 2.45) is 0 Å². The lowest BCUT2D eigenvalue weighted by atomic mass is 10.1. The number of carbonyl (C=O) groups excluding carboxylic acids is 1. The molecule has 0 amide bonds. The van der Waals surface area contributed by atoms with E-state index in [1.54, 1.807) is 4.68 Å². The molecule has 0 fully saturated rings. The fraction of sp³-hybridized carbons (Fsp3) is 0.400. The molecule has 1 atom stereocenters. The van der Waals surface area contributed by atoms with Crippen molar-refractivity contribution in [1.82, 2.24) is 14.8 Å². The number of methoxy groups -OCH3 is 1. The SMILES string of the molecule is COC(=O)C1CCCc2nc(Cc3ccccc3)nn21. The fourth-order valence-corrected chi connectivity index (χ4v) is 2.61. The van der Waals surface area contributed by atoms with E-state index in [-0.39, 0.29) is 12.0 Å². The Morgan fingerprint density at radius 3 is 2.95 bits per heavy atom. The van der Waals surface area contributed by atoms with E-state index in [2.05, 4.69) is 22.2 Å². The number of aromatic nitrogens is 3. The largest absolute Gasteiger partial charge is 0.467 e. The van der Waals surface area contributed by atoms with Crippen LogP contribution in [0.4, 0.5) is 0 Å². The fourth-order valence-electron chi connectivity index (χ4n) is 2.61. The predicted octanol–water partition coefficient (Wildman–Crippen LogP) is 1.92. The van der Waals surface area contributed by atoms with Gasteiger partial charge in [-0.15, -0.1) is 0 Å². The van der Waals surface area contributed by atoms with Gasteiger partial charge in [-0.25, -0.2) is 14.5 Å². The van der Waals surface area contributed by atoms with Gasteiger partial charge >= 0.3 is 5.97 Å². The Morgan fingerprint density at radius 2 is 2.20 bits per heavy atom. The summed E-state index contributed by atoms with van der Waals surface area (Å²) in [5.41, 5.74) is 1.17. The molecule has 1 aliphatic heterocycles. The van der Waals surface area contributed by atoms with Crippen LogP contribution >= 0.6 is 0 Å². The Bertz CT molecular complexity index is 607. The van der Waals surface area contributed by atoms with Crippen molar-refractivity contribution in [1.29, 1.82) is 0 Å². The molecule has 2 aromatic rings. The summed E-state index contributed by atoms with van der Waals surface area (Å²) in [7, 11) is 1.42. The van der Waals surface area contributed by atoms with Crippen LogP contribution in [0.1, 0.15) is 36.1 Å². The molecule has 1 unspecified atom stereocenters. The summed E-state index contributed by atoms with van der Waals surface area (Å²) < 4.78 is 6.59. The predicted molar refractivity (Wildman–Crippen MR) is 73.3 cm³/mol. The maximum absolute atomic E-state index is 11.8. The molecule has 0 aliphatic carbocycles. The average Bonchev–Trinajstić information content (AvgIpc) is 2.89. The van der Waals surface area contributed by atoms with E-state index in [1.807, 2.05) is 18.2 Å². The number of ether oxygens (including phenoxy) is 1. The number of hydrogen-bond donors (Lipinski definition) is 0. The summed E-state index contributed by atoms with van der Waals surface area (Å²) in [5.74, 6) is 1.42. The monoisotopic (exact) mass is 271 g/mol. The van der Waals surface area contributed by atoms with Gasteiger partial charge < -0.3 is 4.74 Å². The topological polar surface area (TPSA) is 57.0 Å². The number of nitrogens with zero attached hydrogens (tertiary/aromatic N) is 3. The highest BCUT2D eigenvalue weighted by molar-refractivity contribution is 5.74. The molecule has 0 saturated carbocycles. The molecule has 1 aromatic heterocycles. The van der Waals surface area contributed by atoms with Gasteiger partial charge in [0.25, 0.3) is 0 Å². The Labute approximate surface area is 117 Å². The van der Waals surface area contributed by atoms with Crippen molar-refractivity contribution < 1.29 is 9.53 Å². The molecule has 2 heterocycles. The Kier molecular flexibility index (Phi) is 3.50. The second-order valence-electron chi connectivity index (χ2n) is 4.98.